The monoisotopic (exact) mass is 376 g/mol. The minimum atomic E-state index is -0.153. The van der Waals surface area contributed by atoms with Gasteiger partial charge in [0.15, 0.2) is 5.13 Å². The van der Waals surface area contributed by atoms with Crippen LogP contribution in [0, 0.1) is 0 Å². The van der Waals surface area contributed by atoms with Gasteiger partial charge in [0, 0.05) is 27.5 Å². The van der Waals surface area contributed by atoms with Crippen LogP contribution in [0.3, 0.4) is 0 Å². The lowest BCUT2D eigenvalue weighted by molar-refractivity contribution is -0.115. The first-order chi connectivity index (χ1) is 11.6. The number of carbonyl (C=O) groups excluding carboxylic acids is 1. The van der Waals surface area contributed by atoms with Crippen LogP contribution in [0.5, 0.6) is 0 Å². The highest BCUT2D eigenvalue weighted by Gasteiger charge is 2.10. The fourth-order valence-corrected chi connectivity index (χ4v) is 3.58. The van der Waals surface area contributed by atoms with Crippen molar-refractivity contribution in [2.45, 2.75) is 12.8 Å². The van der Waals surface area contributed by atoms with Gasteiger partial charge in [-0.25, -0.2) is 4.98 Å². The van der Waals surface area contributed by atoms with Crippen LogP contribution < -0.4 is 5.32 Å². The van der Waals surface area contributed by atoms with E-state index in [-0.39, 0.29) is 12.3 Å². The molecule has 0 radical (unpaired) electrons. The number of amides is 1. The fourth-order valence-electron chi connectivity index (χ4n) is 2.25. The number of nitrogens with zero attached hydrogens (tertiary/aromatic N) is 1. The first kappa shape index (κ1) is 17.0. The molecule has 0 bridgehead atoms. The van der Waals surface area contributed by atoms with Crippen LogP contribution in [0.4, 0.5) is 5.13 Å². The average molecular weight is 377 g/mol. The molecule has 0 aliphatic carbocycles. The van der Waals surface area contributed by atoms with Gasteiger partial charge in [0.05, 0.1) is 6.42 Å². The standard InChI is InChI=1S/C18H14Cl2N2OS/c19-14-7-6-13(16(20)10-14)9-17(23)22-18-21-11-15(24-18)8-12-4-2-1-3-5-12/h1-7,10-11H,8-9H2,(H,21,22,23). The normalized spacial score (nSPS) is 10.6. The van der Waals surface area contributed by atoms with Crippen molar-refractivity contribution in [2.75, 3.05) is 5.32 Å². The Morgan fingerprint density at radius 1 is 1.12 bits per heavy atom. The van der Waals surface area contributed by atoms with Gasteiger partial charge in [-0.15, -0.1) is 11.3 Å². The topological polar surface area (TPSA) is 42.0 Å². The molecule has 2 aromatic carbocycles. The first-order valence-electron chi connectivity index (χ1n) is 7.32. The molecule has 122 valence electrons. The second kappa shape index (κ2) is 7.79. The van der Waals surface area contributed by atoms with Gasteiger partial charge in [-0.3, -0.25) is 4.79 Å². The summed E-state index contributed by atoms with van der Waals surface area (Å²) in [5.74, 6) is -0.153. The summed E-state index contributed by atoms with van der Waals surface area (Å²) in [5, 5.41) is 4.45. The fraction of sp³-hybridized carbons (Fsp3) is 0.111. The van der Waals surface area contributed by atoms with E-state index in [0.29, 0.717) is 15.2 Å². The Morgan fingerprint density at radius 2 is 1.92 bits per heavy atom. The van der Waals surface area contributed by atoms with Gasteiger partial charge in [-0.1, -0.05) is 59.6 Å². The minimum Gasteiger partial charge on any atom is -0.302 e. The molecule has 3 aromatic rings. The summed E-state index contributed by atoms with van der Waals surface area (Å²) in [4.78, 5) is 17.5. The zero-order valence-electron chi connectivity index (χ0n) is 12.6. The largest absolute Gasteiger partial charge is 0.302 e. The molecular weight excluding hydrogens is 363 g/mol. The van der Waals surface area contributed by atoms with Crippen molar-refractivity contribution in [1.29, 1.82) is 0 Å². The van der Waals surface area contributed by atoms with Crippen molar-refractivity contribution >= 4 is 45.6 Å². The highest BCUT2D eigenvalue weighted by atomic mass is 35.5. The quantitative estimate of drug-likeness (QED) is 0.662. The molecule has 0 spiro atoms. The van der Waals surface area contributed by atoms with Crippen LogP contribution in [0.25, 0.3) is 0 Å². The minimum absolute atomic E-state index is 0.153. The molecule has 0 saturated carbocycles. The average Bonchev–Trinajstić information content (AvgIpc) is 2.98. The number of halogens is 2. The highest BCUT2D eigenvalue weighted by Crippen LogP contribution is 2.23. The Bertz CT molecular complexity index is 849. The van der Waals surface area contributed by atoms with E-state index in [9.17, 15) is 4.79 Å². The number of rotatable bonds is 5. The van der Waals surface area contributed by atoms with E-state index in [1.807, 2.05) is 18.2 Å². The first-order valence-corrected chi connectivity index (χ1v) is 8.90. The Hall–Kier alpha value is -1.88. The molecule has 1 amide bonds. The molecule has 3 nitrogen and oxygen atoms in total. The van der Waals surface area contributed by atoms with Gasteiger partial charge in [0.25, 0.3) is 0 Å². The number of anilines is 1. The number of thiazole rings is 1. The molecule has 0 aliphatic heterocycles. The van der Waals surface area contributed by atoms with Crippen LogP contribution >= 0.6 is 34.5 Å². The lowest BCUT2D eigenvalue weighted by Gasteiger charge is -2.04. The SMILES string of the molecule is O=C(Cc1ccc(Cl)cc1Cl)Nc1ncc(Cc2ccccc2)s1. The Labute approximate surface area is 154 Å². The maximum Gasteiger partial charge on any atom is 0.230 e. The summed E-state index contributed by atoms with van der Waals surface area (Å²) >= 11 is 13.4. The van der Waals surface area contributed by atoms with Crippen molar-refractivity contribution in [1.82, 2.24) is 4.98 Å². The Balaban J connectivity index is 1.61. The number of aromatic nitrogens is 1. The number of benzene rings is 2. The third-order valence-electron chi connectivity index (χ3n) is 3.39. The summed E-state index contributed by atoms with van der Waals surface area (Å²) < 4.78 is 0. The molecule has 0 saturated heterocycles. The van der Waals surface area contributed by atoms with Gasteiger partial charge >= 0.3 is 0 Å². The van der Waals surface area contributed by atoms with Crippen molar-refractivity contribution < 1.29 is 4.79 Å². The lowest BCUT2D eigenvalue weighted by Crippen LogP contribution is -2.14. The van der Waals surface area contributed by atoms with Gasteiger partial charge in [-0.05, 0) is 23.3 Å². The zero-order chi connectivity index (χ0) is 16.9. The second-order valence-electron chi connectivity index (χ2n) is 5.25. The Morgan fingerprint density at radius 3 is 2.67 bits per heavy atom. The number of hydrogen-bond donors (Lipinski definition) is 1. The third kappa shape index (κ3) is 4.57. The maximum atomic E-state index is 12.2. The molecule has 1 N–H and O–H groups in total. The molecule has 24 heavy (non-hydrogen) atoms. The molecule has 3 rings (SSSR count). The summed E-state index contributed by atoms with van der Waals surface area (Å²) in [6.45, 7) is 0. The molecule has 1 aromatic heterocycles. The van der Waals surface area contributed by atoms with Crippen LogP contribution in [0.1, 0.15) is 16.0 Å². The molecule has 6 heteroatoms. The predicted octanol–water partition coefficient (Wildman–Crippen LogP) is 5.22. The highest BCUT2D eigenvalue weighted by molar-refractivity contribution is 7.15. The molecular formula is C18H14Cl2N2OS. The molecule has 0 aliphatic rings. The van der Waals surface area contributed by atoms with Crippen LogP contribution in [0.15, 0.2) is 54.7 Å². The van der Waals surface area contributed by atoms with Crippen molar-refractivity contribution in [3.63, 3.8) is 0 Å². The molecule has 0 atom stereocenters. The van der Waals surface area contributed by atoms with E-state index in [1.54, 1.807) is 24.4 Å². The summed E-state index contributed by atoms with van der Waals surface area (Å²) in [7, 11) is 0. The summed E-state index contributed by atoms with van der Waals surface area (Å²) in [5.41, 5.74) is 1.95. The number of hydrogen-bond acceptors (Lipinski definition) is 3. The maximum absolute atomic E-state index is 12.2. The smallest absolute Gasteiger partial charge is 0.230 e. The van der Waals surface area contributed by atoms with E-state index in [4.69, 9.17) is 23.2 Å². The predicted molar refractivity (Wildman–Crippen MR) is 100 cm³/mol. The van der Waals surface area contributed by atoms with Gasteiger partial charge in [-0.2, -0.15) is 0 Å². The molecule has 0 unspecified atom stereocenters. The summed E-state index contributed by atoms with van der Waals surface area (Å²) in [6.07, 6.45) is 2.78. The van der Waals surface area contributed by atoms with Crippen LogP contribution in [0.2, 0.25) is 10.0 Å². The van der Waals surface area contributed by atoms with Crippen LogP contribution in [-0.2, 0) is 17.6 Å². The number of nitrogens with one attached hydrogen (secondary N) is 1. The van der Waals surface area contributed by atoms with Gasteiger partial charge in [0.2, 0.25) is 5.91 Å². The summed E-state index contributed by atoms with van der Waals surface area (Å²) in [6, 6.07) is 15.3. The van der Waals surface area contributed by atoms with E-state index >= 15 is 0 Å². The Kier molecular flexibility index (Phi) is 5.51. The zero-order valence-corrected chi connectivity index (χ0v) is 15.0. The van der Waals surface area contributed by atoms with E-state index in [0.717, 1.165) is 16.9 Å². The van der Waals surface area contributed by atoms with Crippen molar-refractivity contribution in [3.8, 4) is 0 Å². The third-order valence-corrected chi connectivity index (χ3v) is 4.89. The van der Waals surface area contributed by atoms with Crippen LogP contribution in [-0.4, -0.2) is 10.9 Å². The molecule has 1 heterocycles. The van der Waals surface area contributed by atoms with Crippen molar-refractivity contribution in [3.05, 3.63) is 80.8 Å². The van der Waals surface area contributed by atoms with E-state index in [2.05, 4.69) is 22.4 Å². The lowest BCUT2D eigenvalue weighted by atomic mass is 10.1. The number of carbonyl (C=O) groups is 1. The molecule has 0 fully saturated rings. The van der Waals surface area contributed by atoms with Crippen molar-refractivity contribution in [2.24, 2.45) is 0 Å². The second-order valence-corrected chi connectivity index (χ2v) is 7.21. The van der Waals surface area contributed by atoms with Gasteiger partial charge < -0.3 is 5.32 Å². The van der Waals surface area contributed by atoms with E-state index < -0.39 is 0 Å². The van der Waals surface area contributed by atoms with E-state index in [1.165, 1.54) is 16.9 Å². The van der Waals surface area contributed by atoms with Gasteiger partial charge in [0.1, 0.15) is 0 Å².